The Kier molecular flexibility index (Phi) is 3.20. The van der Waals surface area contributed by atoms with Gasteiger partial charge in [-0.25, -0.2) is 13.2 Å². The summed E-state index contributed by atoms with van der Waals surface area (Å²) in [6, 6.07) is 8.11. The number of nitrogens with zero attached hydrogens (tertiary/aromatic N) is 1. The number of nitriles is 1. The van der Waals surface area contributed by atoms with E-state index < -0.39 is 17.5 Å². The number of rotatable bonds is 2. The van der Waals surface area contributed by atoms with E-state index in [1.54, 1.807) is 6.07 Å². The molecule has 0 spiro atoms. The van der Waals surface area contributed by atoms with E-state index in [0.29, 0.717) is 0 Å². The summed E-state index contributed by atoms with van der Waals surface area (Å²) in [4.78, 5) is 0. The molecule has 0 bridgehead atoms. The predicted octanol–water partition coefficient (Wildman–Crippen LogP) is 3.72. The minimum atomic E-state index is -0.662. The molecule has 5 heteroatoms. The number of nitrogens with one attached hydrogen (secondary N) is 1. The average Bonchev–Trinajstić information content (AvgIpc) is 2.36. The van der Waals surface area contributed by atoms with Crippen LogP contribution in [0.1, 0.15) is 5.56 Å². The molecule has 0 aliphatic heterocycles. The van der Waals surface area contributed by atoms with Crippen molar-refractivity contribution in [1.82, 2.24) is 0 Å². The number of hydrogen-bond acceptors (Lipinski definition) is 2. The zero-order valence-corrected chi connectivity index (χ0v) is 9.05. The lowest BCUT2D eigenvalue weighted by molar-refractivity contribution is 0.603. The molecule has 0 aromatic heterocycles. The van der Waals surface area contributed by atoms with Crippen LogP contribution < -0.4 is 5.32 Å². The Morgan fingerprint density at radius 1 is 0.889 bits per heavy atom. The third-order valence-corrected chi connectivity index (χ3v) is 2.30. The van der Waals surface area contributed by atoms with Gasteiger partial charge in [-0.15, -0.1) is 0 Å². The van der Waals surface area contributed by atoms with Gasteiger partial charge in [0.05, 0.1) is 16.9 Å². The van der Waals surface area contributed by atoms with E-state index in [2.05, 4.69) is 5.32 Å². The summed E-state index contributed by atoms with van der Waals surface area (Å²) >= 11 is 0. The second kappa shape index (κ2) is 4.80. The van der Waals surface area contributed by atoms with Gasteiger partial charge in [0.2, 0.25) is 0 Å². The fourth-order valence-corrected chi connectivity index (χ4v) is 1.46. The van der Waals surface area contributed by atoms with E-state index in [-0.39, 0.29) is 16.9 Å². The molecule has 0 heterocycles. The van der Waals surface area contributed by atoms with Crippen molar-refractivity contribution in [1.29, 1.82) is 5.26 Å². The van der Waals surface area contributed by atoms with Gasteiger partial charge in [0.1, 0.15) is 23.5 Å². The minimum absolute atomic E-state index is 0.0126. The van der Waals surface area contributed by atoms with E-state index >= 15 is 0 Å². The molecule has 2 nitrogen and oxygen atoms in total. The van der Waals surface area contributed by atoms with Gasteiger partial charge < -0.3 is 5.32 Å². The molecule has 18 heavy (non-hydrogen) atoms. The molecular weight excluding hydrogens is 241 g/mol. The molecule has 2 aromatic rings. The van der Waals surface area contributed by atoms with Crippen molar-refractivity contribution < 1.29 is 13.2 Å². The number of anilines is 2. The molecule has 0 aliphatic carbocycles. The van der Waals surface area contributed by atoms with Gasteiger partial charge in [-0.3, -0.25) is 0 Å². The first-order valence-corrected chi connectivity index (χ1v) is 5.02. The van der Waals surface area contributed by atoms with Crippen molar-refractivity contribution in [3.8, 4) is 6.07 Å². The largest absolute Gasteiger partial charge is 0.352 e. The van der Waals surface area contributed by atoms with Crippen LogP contribution in [-0.4, -0.2) is 0 Å². The minimum Gasteiger partial charge on any atom is -0.352 e. The molecule has 2 aromatic carbocycles. The molecule has 90 valence electrons. The molecule has 0 saturated carbocycles. The third kappa shape index (κ3) is 2.43. The average molecular weight is 248 g/mol. The summed E-state index contributed by atoms with van der Waals surface area (Å²) in [5.74, 6) is -1.85. The Hall–Kier alpha value is -2.48. The summed E-state index contributed by atoms with van der Waals surface area (Å²) in [5.41, 5.74) is 0.111. The lowest BCUT2D eigenvalue weighted by Gasteiger charge is -2.09. The first-order valence-electron chi connectivity index (χ1n) is 5.02. The highest BCUT2D eigenvalue weighted by Gasteiger charge is 2.08. The highest BCUT2D eigenvalue weighted by atomic mass is 19.1. The van der Waals surface area contributed by atoms with Crippen LogP contribution in [0.3, 0.4) is 0 Å². The Morgan fingerprint density at radius 3 is 2.28 bits per heavy atom. The summed E-state index contributed by atoms with van der Waals surface area (Å²) < 4.78 is 39.3. The second-order valence-corrected chi connectivity index (χ2v) is 3.55. The number of halogens is 3. The molecule has 0 unspecified atom stereocenters. The van der Waals surface area contributed by atoms with Crippen LogP contribution in [0.5, 0.6) is 0 Å². The maximum absolute atomic E-state index is 13.4. The van der Waals surface area contributed by atoms with Crippen LogP contribution in [0.4, 0.5) is 24.5 Å². The normalized spacial score (nSPS) is 9.89. The van der Waals surface area contributed by atoms with Crippen molar-refractivity contribution >= 4 is 11.4 Å². The quantitative estimate of drug-likeness (QED) is 0.879. The Balaban J connectivity index is 2.40. The molecule has 0 radical (unpaired) electrons. The maximum Gasteiger partial charge on any atom is 0.146 e. The topological polar surface area (TPSA) is 35.8 Å². The summed E-state index contributed by atoms with van der Waals surface area (Å²) in [6.07, 6.45) is 0. The van der Waals surface area contributed by atoms with Gasteiger partial charge in [0.15, 0.2) is 0 Å². The Morgan fingerprint density at radius 2 is 1.56 bits per heavy atom. The summed E-state index contributed by atoms with van der Waals surface area (Å²) in [6.45, 7) is 0. The molecular formula is C13H7F3N2. The van der Waals surface area contributed by atoms with E-state index in [9.17, 15) is 13.2 Å². The van der Waals surface area contributed by atoms with Crippen LogP contribution in [0.2, 0.25) is 0 Å². The van der Waals surface area contributed by atoms with Crippen LogP contribution in [0, 0.1) is 28.8 Å². The van der Waals surface area contributed by atoms with Gasteiger partial charge in [0.25, 0.3) is 0 Å². The third-order valence-electron chi connectivity index (χ3n) is 2.30. The lowest BCUT2D eigenvalue weighted by Crippen LogP contribution is -1.97. The van der Waals surface area contributed by atoms with E-state index in [1.807, 2.05) is 0 Å². The number of benzene rings is 2. The van der Waals surface area contributed by atoms with Gasteiger partial charge in [-0.1, -0.05) is 0 Å². The van der Waals surface area contributed by atoms with E-state index in [0.717, 1.165) is 30.3 Å². The monoisotopic (exact) mass is 248 g/mol. The predicted molar refractivity (Wildman–Crippen MR) is 60.8 cm³/mol. The Bertz CT molecular complexity index is 633. The van der Waals surface area contributed by atoms with Crippen LogP contribution in [0.15, 0.2) is 36.4 Å². The molecule has 0 atom stereocenters. The maximum atomic E-state index is 13.4. The van der Waals surface area contributed by atoms with Gasteiger partial charge in [-0.05, 0) is 30.3 Å². The first kappa shape index (κ1) is 12.0. The SMILES string of the molecule is N#Cc1cc(F)ccc1Nc1cc(F)ccc1F. The molecule has 2 rings (SSSR count). The highest BCUT2D eigenvalue weighted by Crippen LogP contribution is 2.24. The van der Waals surface area contributed by atoms with Crippen LogP contribution in [-0.2, 0) is 0 Å². The second-order valence-electron chi connectivity index (χ2n) is 3.55. The molecule has 1 N–H and O–H groups in total. The Labute approximate surface area is 101 Å². The molecule has 0 aliphatic rings. The van der Waals surface area contributed by atoms with E-state index in [1.165, 1.54) is 6.07 Å². The van der Waals surface area contributed by atoms with Gasteiger partial charge in [-0.2, -0.15) is 5.26 Å². The zero-order valence-electron chi connectivity index (χ0n) is 9.05. The smallest absolute Gasteiger partial charge is 0.146 e. The fraction of sp³-hybridized carbons (Fsp3) is 0. The lowest BCUT2D eigenvalue weighted by atomic mass is 10.1. The standard InChI is InChI=1S/C13H7F3N2/c14-9-2-4-12(8(5-9)7-17)18-13-6-10(15)1-3-11(13)16/h1-6,18H. The molecule has 0 amide bonds. The van der Waals surface area contributed by atoms with Crippen molar-refractivity contribution in [3.05, 3.63) is 59.4 Å². The summed E-state index contributed by atoms with van der Waals surface area (Å²) in [7, 11) is 0. The molecule has 0 fully saturated rings. The van der Waals surface area contributed by atoms with Crippen molar-refractivity contribution in [2.24, 2.45) is 0 Å². The number of hydrogen-bond donors (Lipinski definition) is 1. The van der Waals surface area contributed by atoms with Gasteiger partial charge >= 0.3 is 0 Å². The summed E-state index contributed by atoms with van der Waals surface area (Å²) in [5, 5.41) is 11.4. The van der Waals surface area contributed by atoms with Crippen molar-refractivity contribution in [3.63, 3.8) is 0 Å². The zero-order chi connectivity index (χ0) is 13.1. The van der Waals surface area contributed by atoms with Crippen LogP contribution >= 0.6 is 0 Å². The fourth-order valence-electron chi connectivity index (χ4n) is 1.46. The molecule has 0 saturated heterocycles. The van der Waals surface area contributed by atoms with Crippen molar-refractivity contribution in [2.75, 3.05) is 5.32 Å². The van der Waals surface area contributed by atoms with E-state index in [4.69, 9.17) is 5.26 Å². The first-order chi connectivity index (χ1) is 8.60. The van der Waals surface area contributed by atoms with Gasteiger partial charge in [0, 0.05) is 6.07 Å². The van der Waals surface area contributed by atoms with Crippen molar-refractivity contribution in [2.45, 2.75) is 0 Å². The highest BCUT2D eigenvalue weighted by molar-refractivity contribution is 5.66. The van der Waals surface area contributed by atoms with Crippen LogP contribution in [0.25, 0.3) is 0 Å².